The third-order valence-electron chi connectivity index (χ3n) is 6.61. The van der Waals surface area contributed by atoms with Crippen molar-refractivity contribution >= 4 is 45.9 Å². The minimum atomic E-state index is -4.58. The number of alkyl halides is 3. The lowest BCUT2D eigenvalue weighted by molar-refractivity contribution is -0.162. The average Bonchev–Trinajstić information content (AvgIpc) is 3.69. The van der Waals surface area contributed by atoms with Gasteiger partial charge in [0.15, 0.2) is 0 Å². The summed E-state index contributed by atoms with van der Waals surface area (Å²) >= 11 is 6.35. The van der Waals surface area contributed by atoms with E-state index in [9.17, 15) is 28.0 Å². The number of nitrogen functional groups attached to an aromatic ring is 1. The van der Waals surface area contributed by atoms with Gasteiger partial charge in [0.1, 0.15) is 41.0 Å². The van der Waals surface area contributed by atoms with Gasteiger partial charge in [0, 0.05) is 5.69 Å². The molecule has 2 amide bonds. The van der Waals surface area contributed by atoms with E-state index in [1.165, 1.54) is 35.2 Å². The van der Waals surface area contributed by atoms with E-state index in [0.717, 1.165) is 0 Å². The fourth-order valence-electron chi connectivity index (χ4n) is 4.34. The number of anilines is 3. The molecule has 1 atom stereocenters. The second-order valence-electron chi connectivity index (χ2n) is 9.41. The number of nitriles is 1. The predicted molar refractivity (Wildman–Crippen MR) is 146 cm³/mol. The van der Waals surface area contributed by atoms with Crippen molar-refractivity contribution in [2.45, 2.75) is 37.5 Å². The summed E-state index contributed by atoms with van der Waals surface area (Å²) in [5, 5.41) is 17.2. The Labute approximate surface area is 235 Å². The van der Waals surface area contributed by atoms with Gasteiger partial charge in [0.25, 0.3) is 5.56 Å². The highest BCUT2D eigenvalue weighted by Gasteiger charge is 2.64. The molecule has 1 aliphatic carbocycles. The Kier molecular flexibility index (Phi) is 6.92. The molecule has 1 unspecified atom stereocenters. The Morgan fingerprint density at radius 1 is 1.22 bits per heavy atom. The Hall–Kier alpha value is -4.90. The number of nitrogens with two attached hydrogens (primary N) is 1. The van der Waals surface area contributed by atoms with Gasteiger partial charge in [0.05, 0.1) is 27.7 Å². The molecule has 0 radical (unpaired) electrons. The van der Waals surface area contributed by atoms with E-state index in [4.69, 9.17) is 17.3 Å². The van der Waals surface area contributed by atoms with Crippen LogP contribution < -0.4 is 27.2 Å². The molecule has 210 valence electrons. The van der Waals surface area contributed by atoms with E-state index in [-0.39, 0.29) is 57.6 Å². The van der Waals surface area contributed by atoms with Crippen molar-refractivity contribution in [3.63, 3.8) is 0 Å². The number of nitrogens with zero attached hydrogens (tertiary/aromatic N) is 5. The summed E-state index contributed by atoms with van der Waals surface area (Å²) in [6.45, 7) is 1.68. The van der Waals surface area contributed by atoms with Gasteiger partial charge in [0.2, 0.25) is 0 Å². The van der Waals surface area contributed by atoms with Gasteiger partial charge in [-0.1, -0.05) is 23.7 Å². The Morgan fingerprint density at radius 3 is 2.63 bits per heavy atom. The second-order valence-corrected chi connectivity index (χ2v) is 9.82. The van der Waals surface area contributed by atoms with Crippen LogP contribution in [-0.2, 0) is 0 Å². The SMILES string of the molecule is CC(Nc1ncnc(N)c1C#N)c1nc2cccc(Cl)c2c(=O)n1-c1cccc(NC(=O)NC2(C(F)(F)F)CC2)c1. The first-order valence-corrected chi connectivity index (χ1v) is 12.6. The Morgan fingerprint density at radius 2 is 1.95 bits per heavy atom. The van der Waals surface area contributed by atoms with Gasteiger partial charge in [-0.15, -0.1) is 0 Å². The molecule has 0 saturated heterocycles. The molecule has 41 heavy (non-hydrogen) atoms. The smallest absolute Gasteiger partial charge is 0.382 e. The molecule has 11 nitrogen and oxygen atoms in total. The van der Waals surface area contributed by atoms with Crippen molar-refractivity contribution in [2.24, 2.45) is 0 Å². The van der Waals surface area contributed by atoms with E-state index in [1.807, 2.05) is 11.4 Å². The third kappa shape index (κ3) is 5.19. The molecule has 2 aromatic carbocycles. The lowest BCUT2D eigenvalue weighted by Gasteiger charge is -2.22. The van der Waals surface area contributed by atoms with Gasteiger partial charge >= 0.3 is 12.2 Å². The molecule has 0 aliphatic heterocycles. The zero-order valence-electron chi connectivity index (χ0n) is 21.3. The van der Waals surface area contributed by atoms with E-state index < -0.39 is 29.3 Å². The lowest BCUT2D eigenvalue weighted by atomic mass is 10.2. The van der Waals surface area contributed by atoms with Crippen LogP contribution in [0.3, 0.4) is 0 Å². The summed E-state index contributed by atoms with van der Waals surface area (Å²) in [5.41, 5.74) is 3.70. The minimum Gasteiger partial charge on any atom is -0.382 e. The molecular formula is C26H21ClF3N9O2. The highest BCUT2D eigenvalue weighted by Crippen LogP contribution is 2.48. The largest absolute Gasteiger partial charge is 0.411 e. The number of hydrogen-bond acceptors (Lipinski definition) is 8. The number of amides is 2. The van der Waals surface area contributed by atoms with Crippen molar-refractivity contribution in [3.05, 3.63) is 75.6 Å². The minimum absolute atomic E-state index is 0.00146. The molecule has 1 aliphatic rings. The normalized spacial score (nSPS) is 14.6. The maximum atomic E-state index is 13.8. The van der Waals surface area contributed by atoms with Crippen LogP contribution in [0.4, 0.5) is 35.3 Å². The number of nitrogens with one attached hydrogen (secondary N) is 3. The molecule has 5 rings (SSSR count). The van der Waals surface area contributed by atoms with Gasteiger partial charge in [-0.2, -0.15) is 18.4 Å². The number of carbonyl (C=O) groups is 1. The quantitative estimate of drug-likeness (QED) is 0.254. The Balaban J connectivity index is 1.56. The van der Waals surface area contributed by atoms with Crippen molar-refractivity contribution in [2.75, 3.05) is 16.4 Å². The summed E-state index contributed by atoms with van der Waals surface area (Å²) < 4.78 is 41.1. The molecule has 2 heterocycles. The number of hydrogen-bond donors (Lipinski definition) is 4. The molecule has 2 aromatic heterocycles. The molecule has 5 N–H and O–H groups in total. The highest BCUT2D eigenvalue weighted by atomic mass is 35.5. The maximum absolute atomic E-state index is 13.8. The monoisotopic (exact) mass is 583 g/mol. The summed E-state index contributed by atoms with van der Waals surface area (Å²) in [6.07, 6.45) is -3.81. The van der Waals surface area contributed by atoms with Crippen molar-refractivity contribution < 1.29 is 18.0 Å². The molecular weight excluding hydrogens is 563 g/mol. The number of benzene rings is 2. The van der Waals surface area contributed by atoms with Crippen molar-refractivity contribution in [1.82, 2.24) is 24.8 Å². The number of fused-ring (bicyclic) bond motifs is 1. The van der Waals surface area contributed by atoms with E-state index in [0.29, 0.717) is 5.52 Å². The molecule has 1 fully saturated rings. The number of carbonyl (C=O) groups excluding carboxylic acids is 1. The third-order valence-corrected chi connectivity index (χ3v) is 6.92. The topological polar surface area (TPSA) is 164 Å². The molecule has 0 spiro atoms. The zero-order chi connectivity index (χ0) is 29.5. The van der Waals surface area contributed by atoms with Gasteiger partial charge in [-0.05, 0) is 50.1 Å². The summed E-state index contributed by atoms with van der Waals surface area (Å²) in [7, 11) is 0. The van der Waals surface area contributed by atoms with Crippen LogP contribution in [0.25, 0.3) is 16.6 Å². The van der Waals surface area contributed by atoms with Crippen LogP contribution in [0.1, 0.15) is 37.2 Å². The molecule has 4 aromatic rings. The van der Waals surface area contributed by atoms with Crippen LogP contribution in [0, 0.1) is 11.3 Å². The van der Waals surface area contributed by atoms with Crippen LogP contribution in [-0.4, -0.2) is 37.3 Å². The first-order chi connectivity index (χ1) is 19.4. The van der Waals surface area contributed by atoms with Gasteiger partial charge < -0.3 is 21.7 Å². The molecule has 0 bridgehead atoms. The summed E-state index contributed by atoms with van der Waals surface area (Å²) in [4.78, 5) is 38.8. The molecule has 1 saturated carbocycles. The van der Waals surface area contributed by atoms with E-state index >= 15 is 0 Å². The first kappa shape index (κ1) is 27.7. The number of aromatic nitrogens is 4. The van der Waals surface area contributed by atoms with Crippen LogP contribution in [0.5, 0.6) is 0 Å². The maximum Gasteiger partial charge on any atom is 0.411 e. The zero-order valence-corrected chi connectivity index (χ0v) is 22.0. The summed E-state index contributed by atoms with van der Waals surface area (Å²) in [6, 6.07) is 10.9. The van der Waals surface area contributed by atoms with E-state index in [1.54, 1.807) is 25.1 Å². The van der Waals surface area contributed by atoms with Crippen molar-refractivity contribution in [3.8, 4) is 11.8 Å². The number of halogens is 4. The standard InChI is InChI=1S/C26H21ClF3N9O2/c1-13(35-21-16(11-31)20(32)33-12-34-21)22-37-18-7-3-6-17(27)19(18)23(40)39(22)15-5-2-4-14(10-15)36-24(41)38-25(8-9-25)26(28,29)30/h2-7,10,12-13H,8-9H2,1H3,(H2,36,38,41)(H3,32,33,34,35). The number of urea groups is 1. The second kappa shape index (κ2) is 10.3. The predicted octanol–water partition coefficient (Wildman–Crippen LogP) is 4.67. The van der Waals surface area contributed by atoms with Crippen LogP contribution in [0.2, 0.25) is 5.02 Å². The van der Waals surface area contributed by atoms with Gasteiger partial charge in [-0.3, -0.25) is 9.36 Å². The fraction of sp³-hybridized carbons (Fsp3) is 0.231. The lowest BCUT2D eigenvalue weighted by Crippen LogP contribution is -2.49. The molecule has 15 heteroatoms. The van der Waals surface area contributed by atoms with Crippen LogP contribution >= 0.6 is 11.6 Å². The summed E-state index contributed by atoms with van der Waals surface area (Å²) in [5.74, 6) is 0.259. The highest BCUT2D eigenvalue weighted by molar-refractivity contribution is 6.35. The first-order valence-electron chi connectivity index (χ1n) is 12.2. The van der Waals surface area contributed by atoms with Gasteiger partial charge in [-0.25, -0.2) is 19.7 Å². The Bertz CT molecular complexity index is 1780. The number of rotatable bonds is 6. The average molecular weight is 584 g/mol. The van der Waals surface area contributed by atoms with E-state index in [2.05, 4.69) is 25.6 Å². The van der Waals surface area contributed by atoms with Crippen molar-refractivity contribution in [1.29, 1.82) is 5.26 Å². The fourth-order valence-corrected chi connectivity index (χ4v) is 4.59. The van der Waals surface area contributed by atoms with Crippen LogP contribution in [0.15, 0.2) is 53.6 Å².